The zero-order valence-electron chi connectivity index (χ0n) is 20.8. The van der Waals surface area contributed by atoms with E-state index in [2.05, 4.69) is 67.7 Å². The van der Waals surface area contributed by atoms with Gasteiger partial charge in [-0.1, -0.05) is 36.8 Å². The predicted molar refractivity (Wildman–Crippen MR) is 150 cm³/mol. The predicted octanol–water partition coefficient (Wildman–Crippen LogP) is 3.38. The molecule has 33 heavy (non-hydrogen) atoms. The third-order valence-corrected chi connectivity index (χ3v) is 7.93. The molecule has 0 aliphatic carbocycles. The van der Waals surface area contributed by atoms with Crippen molar-refractivity contribution in [1.29, 1.82) is 0 Å². The normalized spacial score (nSPS) is 23.6. The zero-order chi connectivity index (χ0) is 22.2. The Morgan fingerprint density at radius 3 is 2.27 bits per heavy atom. The molecule has 2 N–H and O–H groups in total. The molecule has 0 atom stereocenters. The lowest BCUT2D eigenvalue weighted by Crippen LogP contribution is -2.62. The van der Waals surface area contributed by atoms with E-state index >= 15 is 0 Å². The number of aliphatic imine (C=N–C) groups is 1. The van der Waals surface area contributed by atoms with Gasteiger partial charge in [0.25, 0.3) is 0 Å². The quantitative estimate of drug-likeness (QED) is 0.313. The highest BCUT2D eigenvalue weighted by Crippen LogP contribution is 2.30. The Labute approximate surface area is 218 Å². The lowest BCUT2D eigenvalue weighted by Gasteiger charge is -2.50. The molecular formula is C26H45IN6. The maximum Gasteiger partial charge on any atom is 0.191 e. The van der Waals surface area contributed by atoms with Gasteiger partial charge < -0.3 is 15.5 Å². The minimum absolute atomic E-state index is 0. The van der Waals surface area contributed by atoms with Crippen LogP contribution >= 0.6 is 24.0 Å². The number of likely N-dealkylation sites (tertiary alicyclic amines) is 3. The number of halogens is 1. The molecule has 7 heteroatoms. The van der Waals surface area contributed by atoms with Gasteiger partial charge in [0, 0.05) is 44.8 Å². The second-order valence-electron chi connectivity index (χ2n) is 10.2. The number of hydrogen-bond donors (Lipinski definition) is 2. The summed E-state index contributed by atoms with van der Waals surface area (Å²) < 4.78 is 0. The summed E-state index contributed by atoms with van der Waals surface area (Å²) in [5.74, 6) is 0.988. The Balaban J connectivity index is 0.00000306. The van der Waals surface area contributed by atoms with Crippen LogP contribution in [0.5, 0.6) is 0 Å². The molecule has 0 radical (unpaired) electrons. The van der Waals surface area contributed by atoms with Crippen molar-refractivity contribution in [2.45, 2.75) is 63.1 Å². The van der Waals surface area contributed by atoms with Gasteiger partial charge >= 0.3 is 0 Å². The van der Waals surface area contributed by atoms with Gasteiger partial charge in [-0.25, -0.2) is 0 Å². The number of hydrogen-bond acceptors (Lipinski definition) is 4. The SMILES string of the molecule is CN=C(NCC1(N2CCCCC2)CCN(C)CC1)NC1CCN(Cc2ccccc2)CC1.I. The third kappa shape index (κ3) is 7.54. The first-order valence-corrected chi connectivity index (χ1v) is 12.8. The standard InChI is InChI=1S/C26H44N6.HI/c1-27-25(29-24-11-17-31(18-12-24)21-23-9-5-3-6-10-23)28-22-26(13-19-30(2)20-14-26)32-15-7-4-8-16-32;/h3,5-6,9-10,24H,4,7-8,11-22H2,1-2H3,(H2,27,28,29);1H. The summed E-state index contributed by atoms with van der Waals surface area (Å²) in [6.07, 6.45) is 8.96. The molecule has 3 heterocycles. The van der Waals surface area contributed by atoms with E-state index in [-0.39, 0.29) is 29.5 Å². The smallest absolute Gasteiger partial charge is 0.191 e. The fraction of sp³-hybridized carbons (Fsp3) is 0.731. The highest BCUT2D eigenvalue weighted by Gasteiger charge is 2.39. The molecule has 0 amide bonds. The maximum absolute atomic E-state index is 4.60. The molecule has 3 aliphatic heterocycles. The minimum atomic E-state index is 0. The molecule has 3 saturated heterocycles. The highest BCUT2D eigenvalue weighted by atomic mass is 127. The number of nitrogens with zero attached hydrogens (tertiary/aromatic N) is 4. The largest absolute Gasteiger partial charge is 0.355 e. The monoisotopic (exact) mass is 568 g/mol. The fourth-order valence-corrected chi connectivity index (χ4v) is 5.72. The van der Waals surface area contributed by atoms with Crippen LogP contribution in [0.1, 0.15) is 50.5 Å². The highest BCUT2D eigenvalue weighted by molar-refractivity contribution is 14.0. The zero-order valence-corrected chi connectivity index (χ0v) is 23.1. The minimum Gasteiger partial charge on any atom is -0.355 e. The number of nitrogens with one attached hydrogen (secondary N) is 2. The first kappa shape index (κ1) is 26.7. The Morgan fingerprint density at radius 2 is 1.64 bits per heavy atom. The molecule has 186 valence electrons. The van der Waals surface area contributed by atoms with Gasteiger partial charge in [-0.2, -0.15) is 0 Å². The second-order valence-corrected chi connectivity index (χ2v) is 10.2. The Bertz CT molecular complexity index is 705. The average Bonchev–Trinajstić information content (AvgIpc) is 2.85. The summed E-state index contributed by atoms with van der Waals surface area (Å²) in [5.41, 5.74) is 1.70. The topological polar surface area (TPSA) is 46.1 Å². The van der Waals surface area contributed by atoms with E-state index in [1.54, 1.807) is 0 Å². The van der Waals surface area contributed by atoms with Gasteiger partial charge in [-0.15, -0.1) is 24.0 Å². The van der Waals surface area contributed by atoms with Gasteiger partial charge in [0.15, 0.2) is 5.96 Å². The Kier molecular flexibility index (Phi) is 10.7. The second kappa shape index (κ2) is 13.3. The summed E-state index contributed by atoms with van der Waals surface area (Å²) in [7, 11) is 4.18. The third-order valence-electron chi connectivity index (χ3n) is 7.93. The van der Waals surface area contributed by atoms with E-state index in [1.165, 1.54) is 76.7 Å². The Hall–Kier alpha value is -0.900. The molecule has 0 bridgehead atoms. The van der Waals surface area contributed by atoms with Crippen molar-refractivity contribution in [1.82, 2.24) is 25.3 Å². The van der Waals surface area contributed by atoms with E-state index in [9.17, 15) is 0 Å². The van der Waals surface area contributed by atoms with Crippen LogP contribution in [-0.4, -0.2) is 92.1 Å². The van der Waals surface area contributed by atoms with Crippen LogP contribution in [-0.2, 0) is 6.54 Å². The van der Waals surface area contributed by atoms with E-state index in [1.807, 2.05) is 7.05 Å². The van der Waals surface area contributed by atoms with Crippen molar-refractivity contribution in [3.8, 4) is 0 Å². The van der Waals surface area contributed by atoms with E-state index in [0.717, 1.165) is 32.1 Å². The lowest BCUT2D eigenvalue weighted by molar-refractivity contribution is 0.0172. The van der Waals surface area contributed by atoms with Gasteiger partial charge in [0.2, 0.25) is 0 Å². The fourth-order valence-electron chi connectivity index (χ4n) is 5.72. The van der Waals surface area contributed by atoms with Crippen LogP contribution in [0.15, 0.2) is 35.3 Å². The van der Waals surface area contributed by atoms with Gasteiger partial charge in [-0.3, -0.25) is 14.8 Å². The molecule has 0 spiro atoms. The van der Waals surface area contributed by atoms with Crippen LogP contribution < -0.4 is 10.6 Å². The van der Waals surface area contributed by atoms with Crippen LogP contribution in [0.3, 0.4) is 0 Å². The summed E-state index contributed by atoms with van der Waals surface area (Å²) in [5, 5.41) is 7.50. The summed E-state index contributed by atoms with van der Waals surface area (Å²) >= 11 is 0. The van der Waals surface area contributed by atoms with Crippen LogP contribution in [0.4, 0.5) is 0 Å². The molecule has 0 aromatic heterocycles. The first-order chi connectivity index (χ1) is 15.7. The molecule has 6 nitrogen and oxygen atoms in total. The molecule has 3 fully saturated rings. The van der Waals surface area contributed by atoms with E-state index in [4.69, 9.17) is 0 Å². The van der Waals surface area contributed by atoms with Gasteiger partial charge in [0.05, 0.1) is 0 Å². The molecule has 4 rings (SSSR count). The number of rotatable bonds is 6. The molecular weight excluding hydrogens is 523 g/mol. The lowest BCUT2D eigenvalue weighted by atomic mass is 9.84. The van der Waals surface area contributed by atoms with Gasteiger partial charge in [-0.05, 0) is 77.3 Å². The van der Waals surface area contributed by atoms with E-state index < -0.39 is 0 Å². The first-order valence-electron chi connectivity index (χ1n) is 12.8. The summed E-state index contributed by atoms with van der Waals surface area (Å²) in [6.45, 7) is 9.28. The van der Waals surface area contributed by atoms with Crippen molar-refractivity contribution < 1.29 is 0 Å². The summed E-state index contributed by atoms with van der Waals surface area (Å²) in [6, 6.07) is 11.4. The van der Waals surface area contributed by atoms with Crippen LogP contribution in [0.2, 0.25) is 0 Å². The molecule has 0 saturated carbocycles. The molecule has 0 unspecified atom stereocenters. The molecule has 3 aliphatic rings. The van der Waals surface area contributed by atoms with Gasteiger partial charge in [0.1, 0.15) is 0 Å². The molecule has 1 aromatic carbocycles. The Morgan fingerprint density at radius 1 is 0.970 bits per heavy atom. The summed E-state index contributed by atoms with van der Waals surface area (Å²) in [4.78, 5) is 12.5. The van der Waals surface area contributed by atoms with Crippen LogP contribution in [0.25, 0.3) is 0 Å². The van der Waals surface area contributed by atoms with Crippen LogP contribution in [0, 0.1) is 0 Å². The maximum atomic E-state index is 4.60. The van der Waals surface area contributed by atoms with Crippen molar-refractivity contribution in [2.24, 2.45) is 4.99 Å². The number of guanidine groups is 1. The van der Waals surface area contributed by atoms with Crippen molar-refractivity contribution in [3.05, 3.63) is 35.9 Å². The average molecular weight is 569 g/mol. The molecule has 1 aromatic rings. The number of piperidine rings is 3. The van der Waals surface area contributed by atoms with E-state index in [0.29, 0.717) is 6.04 Å². The number of benzene rings is 1. The van der Waals surface area contributed by atoms with Crippen molar-refractivity contribution in [3.63, 3.8) is 0 Å². The van der Waals surface area contributed by atoms with Crippen molar-refractivity contribution in [2.75, 3.05) is 59.9 Å². The van der Waals surface area contributed by atoms with Crippen molar-refractivity contribution >= 4 is 29.9 Å².